The van der Waals surface area contributed by atoms with Gasteiger partial charge in [0.2, 0.25) is 0 Å². The summed E-state index contributed by atoms with van der Waals surface area (Å²) in [7, 11) is 0. The lowest BCUT2D eigenvalue weighted by Crippen LogP contribution is -2.35. The molecule has 0 saturated heterocycles. The highest BCUT2D eigenvalue weighted by Crippen LogP contribution is 2.42. The molecule has 1 aromatic heterocycles. The maximum atomic E-state index is 12.9. The van der Waals surface area contributed by atoms with E-state index in [4.69, 9.17) is 4.74 Å². The van der Waals surface area contributed by atoms with Gasteiger partial charge in [0, 0.05) is 12.4 Å². The zero-order valence-corrected chi connectivity index (χ0v) is 14.6. The Bertz CT molecular complexity index is 653. The Labute approximate surface area is 143 Å². The van der Waals surface area contributed by atoms with Crippen LogP contribution in [0, 0.1) is 0 Å². The second kappa shape index (κ2) is 7.20. The molecular formula is C20H26N2O2. The molecule has 0 N–H and O–H groups in total. The van der Waals surface area contributed by atoms with E-state index in [0.717, 1.165) is 31.2 Å². The van der Waals surface area contributed by atoms with Crippen LogP contribution in [0.2, 0.25) is 0 Å². The predicted molar refractivity (Wildman–Crippen MR) is 93.9 cm³/mol. The van der Waals surface area contributed by atoms with Gasteiger partial charge in [-0.3, -0.25) is 4.79 Å². The number of rotatable bonds is 6. The molecule has 0 bridgehead atoms. The number of benzene rings is 1. The number of ether oxygens (including phenoxy) is 1. The van der Waals surface area contributed by atoms with E-state index in [1.807, 2.05) is 10.8 Å². The molecule has 1 aliphatic carbocycles. The standard InChI is InChI=1S/C20H26N2O2/c1-16(2)17-5-7-18(8-6-17)20(9-3-4-10-20)19(23)24-14-13-22-12-11-21-15-22/h5-8,11-12,15-16H,3-4,9-10,13-14H2,1-2H3. The Hall–Kier alpha value is -2.10. The Morgan fingerprint density at radius 3 is 2.54 bits per heavy atom. The number of imidazole rings is 1. The molecule has 0 atom stereocenters. The fraction of sp³-hybridized carbons (Fsp3) is 0.500. The molecule has 0 unspecified atom stereocenters. The molecule has 0 amide bonds. The van der Waals surface area contributed by atoms with Crippen molar-refractivity contribution in [1.82, 2.24) is 9.55 Å². The Morgan fingerprint density at radius 1 is 1.25 bits per heavy atom. The first-order valence-electron chi connectivity index (χ1n) is 8.85. The minimum Gasteiger partial charge on any atom is -0.463 e. The summed E-state index contributed by atoms with van der Waals surface area (Å²) in [6.45, 7) is 5.41. The third kappa shape index (κ3) is 3.37. The summed E-state index contributed by atoms with van der Waals surface area (Å²) in [6.07, 6.45) is 9.30. The molecule has 4 heteroatoms. The van der Waals surface area contributed by atoms with Gasteiger partial charge in [-0.2, -0.15) is 0 Å². The van der Waals surface area contributed by atoms with Gasteiger partial charge in [0.05, 0.1) is 18.3 Å². The molecule has 0 radical (unpaired) electrons. The molecule has 2 aromatic rings. The average Bonchev–Trinajstić information content (AvgIpc) is 3.27. The van der Waals surface area contributed by atoms with Gasteiger partial charge in [-0.1, -0.05) is 51.0 Å². The van der Waals surface area contributed by atoms with Crippen LogP contribution < -0.4 is 0 Å². The number of nitrogens with zero attached hydrogens (tertiary/aromatic N) is 2. The smallest absolute Gasteiger partial charge is 0.316 e. The fourth-order valence-corrected chi connectivity index (χ4v) is 3.58. The van der Waals surface area contributed by atoms with Gasteiger partial charge in [-0.25, -0.2) is 4.98 Å². The first-order chi connectivity index (χ1) is 11.6. The van der Waals surface area contributed by atoms with Crippen LogP contribution in [-0.2, 0) is 21.5 Å². The summed E-state index contributed by atoms with van der Waals surface area (Å²) in [5.41, 5.74) is 1.96. The molecule has 128 valence electrons. The summed E-state index contributed by atoms with van der Waals surface area (Å²) in [4.78, 5) is 16.9. The van der Waals surface area contributed by atoms with Gasteiger partial charge in [0.1, 0.15) is 6.61 Å². The van der Waals surface area contributed by atoms with Crippen LogP contribution in [0.5, 0.6) is 0 Å². The summed E-state index contributed by atoms with van der Waals surface area (Å²) in [6, 6.07) is 8.55. The van der Waals surface area contributed by atoms with Crippen LogP contribution in [0.3, 0.4) is 0 Å². The summed E-state index contributed by atoms with van der Waals surface area (Å²) in [5, 5.41) is 0. The van der Waals surface area contributed by atoms with E-state index >= 15 is 0 Å². The average molecular weight is 326 g/mol. The van der Waals surface area contributed by atoms with Crippen LogP contribution in [0.15, 0.2) is 43.0 Å². The minimum absolute atomic E-state index is 0.0718. The van der Waals surface area contributed by atoms with Crippen molar-refractivity contribution in [2.24, 2.45) is 0 Å². The minimum atomic E-state index is -0.454. The largest absolute Gasteiger partial charge is 0.463 e. The molecule has 1 heterocycles. The van der Waals surface area contributed by atoms with Gasteiger partial charge in [-0.05, 0) is 29.9 Å². The SMILES string of the molecule is CC(C)c1ccc(C2(C(=O)OCCn3ccnc3)CCCC2)cc1. The molecule has 3 rings (SSSR count). The first kappa shape index (κ1) is 16.7. The number of aromatic nitrogens is 2. The monoisotopic (exact) mass is 326 g/mol. The molecule has 4 nitrogen and oxygen atoms in total. The van der Waals surface area contributed by atoms with Crippen LogP contribution in [0.1, 0.15) is 56.6 Å². The van der Waals surface area contributed by atoms with Crippen LogP contribution in [0.25, 0.3) is 0 Å². The molecular weight excluding hydrogens is 300 g/mol. The fourth-order valence-electron chi connectivity index (χ4n) is 3.58. The van der Waals surface area contributed by atoms with Gasteiger partial charge in [0.25, 0.3) is 0 Å². The zero-order chi connectivity index (χ0) is 17.0. The second-order valence-corrected chi connectivity index (χ2v) is 7.00. The van der Waals surface area contributed by atoms with Gasteiger partial charge >= 0.3 is 5.97 Å². The number of carbonyl (C=O) groups is 1. The number of esters is 1. The van der Waals surface area contributed by atoms with Crippen molar-refractivity contribution in [2.45, 2.75) is 57.4 Å². The molecule has 1 aliphatic rings. The normalized spacial score (nSPS) is 16.5. The Balaban J connectivity index is 1.71. The van der Waals surface area contributed by atoms with Crippen LogP contribution >= 0.6 is 0 Å². The number of carbonyl (C=O) groups excluding carboxylic acids is 1. The molecule has 24 heavy (non-hydrogen) atoms. The van der Waals surface area contributed by atoms with E-state index in [2.05, 4.69) is 43.1 Å². The van der Waals surface area contributed by atoms with Crippen LogP contribution in [0.4, 0.5) is 0 Å². The lowest BCUT2D eigenvalue weighted by molar-refractivity contribution is -0.150. The molecule has 1 fully saturated rings. The molecule has 1 saturated carbocycles. The highest BCUT2D eigenvalue weighted by atomic mass is 16.5. The number of hydrogen-bond acceptors (Lipinski definition) is 3. The van der Waals surface area contributed by atoms with E-state index in [1.54, 1.807) is 12.5 Å². The third-order valence-electron chi connectivity index (χ3n) is 5.12. The van der Waals surface area contributed by atoms with Crippen molar-refractivity contribution in [1.29, 1.82) is 0 Å². The van der Waals surface area contributed by atoms with E-state index in [-0.39, 0.29) is 5.97 Å². The third-order valence-corrected chi connectivity index (χ3v) is 5.12. The molecule has 1 aromatic carbocycles. The van der Waals surface area contributed by atoms with Gasteiger partial charge in [-0.15, -0.1) is 0 Å². The molecule has 0 aliphatic heterocycles. The summed E-state index contributed by atoms with van der Waals surface area (Å²) < 4.78 is 7.57. The highest BCUT2D eigenvalue weighted by molar-refractivity contribution is 5.83. The first-order valence-corrected chi connectivity index (χ1v) is 8.85. The lowest BCUT2D eigenvalue weighted by atomic mass is 9.78. The summed E-state index contributed by atoms with van der Waals surface area (Å²) >= 11 is 0. The highest BCUT2D eigenvalue weighted by Gasteiger charge is 2.44. The van der Waals surface area contributed by atoms with Crippen LogP contribution in [-0.4, -0.2) is 22.1 Å². The van der Waals surface area contributed by atoms with E-state index in [1.165, 1.54) is 5.56 Å². The van der Waals surface area contributed by atoms with E-state index < -0.39 is 5.41 Å². The maximum Gasteiger partial charge on any atom is 0.316 e. The van der Waals surface area contributed by atoms with E-state index in [0.29, 0.717) is 19.1 Å². The maximum absolute atomic E-state index is 12.9. The Morgan fingerprint density at radius 2 is 1.96 bits per heavy atom. The molecule has 0 spiro atoms. The van der Waals surface area contributed by atoms with Gasteiger partial charge < -0.3 is 9.30 Å². The van der Waals surface area contributed by atoms with Crippen molar-refractivity contribution < 1.29 is 9.53 Å². The summed E-state index contributed by atoms with van der Waals surface area (Å²) in [5.74, 6) is 0.429. The van der Waals surface area contributed by atoms with Crippen molar-refractivity contribution in [3.63, 3.8) is 0 Å². The number of hydrogen-bond donors (Lipinski definition) is 0. The van der Waals surface area contributed by atoms with Crippen molar-refractivity contribution in [3.05, 3.63) is 54.1 Å². The quantitative estimate of drug-likeness (QED) is 0.752. The second-order valence-electron chi connectivity index (χ2n) is 7.00. The predicted octanol–water partition coefficient (Wildman–Crippen LogP) is 4.06. The van der Waals surface area contributed by atoms with Gasteiger partial charge in [0.15, 0.2) is 0 Å². The zero-order valence-electron chi connectivity index (χ0n) is 14.6. The van der Waals surface area contributed by atoms with Crippen molar-refractivity contribution >= 4 is 5.97 Å². The Kier molecular flexibility index (Phi) is 5.03. The van der Waals surface area contributed by atoms with E-state index in [9.17, 15) is 4.79 Å². The van der Waals surface area contributed by atoms with Crippen molar-refractivity contribution in [2.75, 3.05) is 6.61 Å². The van der Waals surface area contributed by atoms with Crippen molar-refractivity contribution in [3.8, 4) is 0 Å². The lowest BCUT2D eigenvalue weighted by Gasteiger charge is -2.27. The topological polar surface area (TPSA) is 44.1 Å².